The molecule has 0 N–H and O–H groups in total. The Balaban J connectivity index is 2.33. The van der Waals surface area contributed by atoms with E-state index in [-0.39, 0.29) is 0 Å². The van der Waals surface area contributed by atoms with Gasteiger partial charge in [0.05, 0.1) is 11.3 Å². The van der Waals surface area contributed by atoms with Crippen molar-refractivity contribution < 1.29 is 0 Å². The zero-order chi connectivity index (χ0) is 14.8. The Hall–Kier alpha value is -1.90. The molecule has 0 unspecified atom stereocenters. The van der Waals surface area contributed by atoms with E-state index in [2.05, 4.69) is 32.0 Å². The minimum atomic E-state index is 0.460. The van der Waals surface area contributed by atoms with Crippen LogP contribution < -0.4 is 0 Å². The van der Waals surface area contributed by atoms with E-state index in [0.29, 0.717) is 17.9 Å². The average Bonchev–Trinajstić information content (AvgIpc) is 2.85. The van der Waals surface area contributed by atoms with E-state index in [1.165, 1.54) is 0 Å². The smallest absolute Gasteiger partial charge is 0.164 e. The zero-order valence-corrected chi connectivity index (χ0v) is 13.3. The molecule has 4 nitrogen and oxygen atoms in total. The van der Waals surface area contributed by atoms with Crippen LogP contribution in [0.4, 0.5) is 0 Å². The van der Waals surface area contributed by atoms with Crippen molar-refractivity contribution in [3.05, 3.63) is 52.4 Å². The lowest BCUT2D eigenvalue weighted by molar-refractivity contribution is 0.903. The molecule has 2 aromatic heterocycles. The summed E-state index contributed by atoms with van der Waals surface area (Å²) in [5.41, 5.74) is 2.85. The van der Waals surface area contributed by atoms with Crippen LogP contribution in [0.3, 0.4) is 0 Å². The second-order valence-electron chi connectivity index (χ2n) is 4.42. The molecule has 0 saturated heterocycles. The molecule has 0 fully saturated rings. The molecule has 0 spiro atoms. The molecule has 2 heterocycles. The standard InChI is InChI=1S/C15H10BrClN4/c16-11-3-4-13(10(8-11)9-18)21-14(5-6-17)20-12-2-1-7-19-15(12)21/h1-4,7-8H,5-6H2. The summed E-state index contributed by atoms with van der Waals surface area (Å²) in [7, 11) is 0. The summed E-state index contributed by atoms with van der Waals surface area (Å²) in [6, 6.07) is 11.5. The summed E-state index contributed by atoms with van der Waals surface area (Å²) in [5.74, 6) is 1.26. The number of pyridine rings is 1. The van der Waals surface area contributed by atoms with Crippen molar-refractivity contribution in [1.82, 2.24) is 14.5 Å². The zero-order valence-electron chi connectivity index (χ0n) is 10.9. The summed E-state index contributed by atoms with van der Waals surface area (Å²) < 4.78 is 2.77. The quantitative estimate of drug-likeness (QED) is 0.666. The number of halogens is 2. The molecule has 0 aliphatic carbocycles. The van der Waals surface area contributed by atoms with Crippen molar-refractivity contribution in [2.45, 2.75) is 6.42 Å². The molecule has 1 aromatic carbocycles. The van der Waals surface area contributed by atoms with Crippen LogP contribution in [0.1, 0.15) is 11.4 Å². The second-order valence-corrected chi connectivity index (χ2v) is 5.72. The molecule has 0 saturated carbocycles. The van der Waals surface area contributed by atoms with E-state index in [1.54, 1.807) is 12.3 Å². The molecule has 104 valence electrons. The van der Waals surface area contributed by atoms with Crippen molar-refractivity contribution in [1.29, 1.82) is 5.26 Å². The number of imidazole rings is 1. The number of nitriles is 1. The Morgan fingerprint density at radius 3 is 2.95 bits per heavy atom. The van der Waals surface area contributed by atoms with E-state index >= 15 is 0 Å². The number of rotatable bonds is 3. The van der Waals surface area contributed by atoms with Gasteiger partial charge < -0.3 is 0 Å². The minimum Gasteiger partial charge on any atom is -0.279 e. The highest BCUT2D eigenvalue weighted by Gasteiger charge is 2.15. The van der Waals surface area contributed by atoms with Gasteiger partial charge in [-0.15, -0.1) is 11.6 Å². The number of alkyl halides is 1. The normalized spacial score (nSPS) is 10.7. The highest BCUT2D eigenvalue weighted by atomic mass is 79.9. The first-order chi connectivity index (χ1) is 10.2. The topological polar surface area (TPSA) is 54.5 Å². The summed E-state index contributed by atoms with van der Waals surface area (Å²) in [6.07, 6.45) is 2.33. The van der Waals surface area contributed by atoms with Crippen molar-refractivity contribution in [2.75, 3.05) is 5.88 Å². The fourth-order valence-electron chi connectivity index (χ4n) is 2.26. The van der Waals surface area contributed by atoms with Crippen LogP contribution in [0.5, 0.6) is 0 Å². The van der Waals surface area contributed by atoms with Crippen molar-refractivity contribution in [3.8, 4) is 11.8 Å². The molecular weight excluding hydrogens is 352 g/mol. The van der Waals surface area contributed by atoms with Crippen LogP contribution in [0.2, 0.25) is 0 Å². The third-order valence-electron chi connectivity index (χ3n) is 3.12. The molecule has 3 rings (SSSR count). The van der Waals surface area contributed by atoms with E-state index < -0.39 is 0 Å². The maximum atomic E-state index is 9.38. The van der Waals surface area contributed by atoms with Crippen LogP contribution in [0.15, 0.2) is 41.0 Å². The van der Waals surface area contributed by atoms with E-state index in [1.807, 2.05) is 28.8 Å². The lowest BCUT2D eigenvalue weighted by Gasteiger charge is -2.10. The highest BCUT2D eigenvalue weighted by molar-refractivity contribution is 9.10. The summed E-state index contributed by atoms with van der Waals surface area (Å²) in [6.45, 7) is 0. The lowest BCUT2D eigenvalue weighted by atomic mass is 10.2. The summed E-state index contributed by atoms with van der Waals surface area (Å²) in [5, 5.41) is 9.38. The van der Waals surface area contributed by atoms with Crippen molar-refractivity contribution >= 4 is 38.7 Å². The van der Waals surface area contributed by atoms with Gasteiger partial charge in [0.1, 0.15) is 17.4 Å². The number of hydrogen-bond donors (Lipinski definition) is 0. The Morgan fingerprint density at radius 2 is 2.19 bits per heavy atom. The number of hydrogen-bond acceptors (Lipinski definition) is 3. The Morgan fingerprint density at radius 1 is 1.33 bits per heavy atom. The number of aromatic nitrogens is 3. The average molecular weight is 362 g/mol. The maximum Gasteiger partial charge on any atom is 0.164 e. The van der Waals surface area contributed by atoms with Crippen LogP contribution in [-0.4, -0.2) is 20.4 Å². The van der Waals surface area contributed by atoms with Crippen LogP contribution >= 0.6 is 27.5 Å². The van der Waals surface area contributed by atoms with Gasteiger partial charge in [-0.2, -0.15) is 5.26 Å². The van der Waals surface area contributed by atoms with E-state index in [0.717, 1.165) is 27.1 Å². The SMILES string of the molecule is N#Cc1cc(Br)ccc1-n1c(CCCl)nc2cccnc21. The maximum absolute atomic E-state index is 9.38. The molecule has 6 heteroatoms. The second kappa shape index (κ2) is 5.84. The van der Waals surface area contributed by atoms with Gasteiger partial charge in [0.2, 0.25) is 0 Å². The number of benzene rings is 1. The molecule has 0 amide bonds. The lowest BCUT2D eigenvalue weighted by Crippen LogP contribution is -2.05. The number of fused-ring (bicyclic) bond motifs is 1. The van der Waals surface area contributed by atoms with Crippen LogP contribution in [-0.2, 0) is 6.42 Å². The summed E-state index contributed by atoms with van der Waals surface area (Å²) in [4.78, 5) is 8.97. The highest BCUT2D eigenvalue weighted by Crippen LogP contribution is 2.25. The van der Waals surface area contributed by atoms with Gasteiger partial charge in [0, 0.05) is 23.0 Å². The van der Waals surface area contributed by atoms with E-state index in [4.69, 9.17) is 11.6 Å². The van der Waals surface area contributed by atoms with Crippen molar-refractivity contribution in [2.24, 2.45) is 0 Å². The fourth-order valence-corrected chi connectivity index (χ4v) is 2.79. The van der Waals surface area contributed by atoms with Gasteiger partial charge in [0.15, 0.2) is 5.65 Å². The van der Waals surface area contributed by atoms with Gasteiger partial charge in [-0.05, 0) is 30.3 Å². The number of aryl methyl sites for hydroxylation is 1. The first-order valence-corrected chi connectivity index (χ1v) is 7.65. The fraction of sp³-hybridized carbons (Fsp3) is 0.133. The molecule has 0 atom stereocenters. The molecule has 0 radical (unpaired) electrons. The van der Waals surface area contributed by atoms with Gasteiger partial charge in [0.25, 0.3) is 0 Å². The van der Waals surface area contributed by atoms with Crippen LogP contribution in [0.25, 0.3) is 16.9 Å². The minimum absolute atomic E-state index is 0.460. The van der Waals surface area contributed by atoms with Gasteiger partial charge >= 0.3 is 0 Å². The first-order valence-electron chi connectivity index (χ1n) is 6.33. The third-order valence-corrected chi connectivity index (χ3v) is 3.81. The predicted octanol–water partition coefficient (Wildman–Crippen LogP) is 3.84. The monoisotopic (exact) mass is 360 g/mol. The van der Waals surface area contributed by atoms with Gasteiger partial charge in [-0.3, -0.25) is 4.57 Å². The van der Waals surface area contributed by atoms with Crippen LogP contribution in [0, 0.1) is 11.3 Å². The molecule has 0 aliphatic rings. The summed E-state index contributed by atoms with van der Waals surface area (Å²) >= 11 is 9.26. The Bertz CT molecular complexity index is 850. The Kier molecular flexibility index (Phi) is 3.91. The van der Waals surface area contributed by atoms with Crippen molar-refractivity contribution in [3.63, 3.8) is 0 Å². The molecule has 0 bridgehead atoms. The first kappa shape index (κ1) is 14.1. The molecular formula is C15H10BrClN4. The number of nitrogens with zero attached hydrogens (tertiary/aromatic N) is 4. The molecule has 0 aliphatic heterocycles. The third kappa shape index (κ3) is 2.53. The van der Waals surface area contributed by atoms with E-state index in [9.17, 15) is 5.26 Å². The molecule has 3 aromatic rings. The predicted molar refractivity (Wildman–Crippen MR) is 85.7 cm³/mol. The molecule has 21 heavy (non-hydrogen) atoms. The van der Waals surface area contributed by atoms with Gasteiger partial charge in [-0.1, -0.05) is 15.9 Å². The van der Waals surface area contributed by atoms with Gasteiger partial charge in [-0.25, -0.2) is 9.97 Å². The Labute approximate surface area is 135 Å². The largest absolute Gasteiger partial charge is 0.279 e.